The number of halogens is 1. The first-order chi connectivity index (χ1) is 7.79. The van der Waals surface area contributed by atoms with Gasteiger partial charge in [0.25, 0.3) is 0 Å². The third kappa shape index (κ3) is 2.45. The van der Waals surface area contributed by atoms with Crippen LogP contribution < -0.4 is 0 Å². The summed E-state index contributed by atoms with van der Waals surface area (Å²) in [7, 11) is 0. The van der Waals surface area contributed by atoms with E-state index in [9.17, 15) is 4.39 Å². The second kappa shape index (κ2) is 4.88. The molecule has 1 aromatic heterocycles. The smallest absolute Gasteiger partial charge is 0.0923 e. The fraction of sp³-hybridized carbons (Fsp3) is 0.333. The molecule has 0 aliphatic carbocycles. The Morgan fingerprint density at radius 2 is 2.06 bits per heavy atom. The topological polar surface area (TPSA) is 30.7 Å². The molecule has 2 rings (SSSR count). The van der Waals surface area contributed by atoms with Crippen molar-refractivity contribution in [2.75, 3.05) is 6.67 Å². The number of aromatic nitrogens is 3. The van der Waals surface area contributed by atoms with Crippen molar-refractivity contribution in [2.45, 2.75) is 13.3 Å². The van der Waals surface area contributed by atoms with Gasteiger partial charge >= 0.3 is 0 Å². The zero-order valence-corrected chi connectivity index (χ0v) is 9.18. The summed E-state index contributed by atoms with van der Waals surface area (Å²) in [4.78, 5) is 0. The second-order valence-corrected chi connectivity index (χ2v) is 3.98. The fourth-order valence-corrected chi connectivity index (χ4v) is 1.59. The lowest BCUT2D eigenvalue weighted by Gasteiger charge is -2.07. The van der Waals surface area contributed by atoms with Crippen molar-refractivity contribution in [3.05, 3.63) is 42.2 Å². The Labute approximate surface area is 93.9 Å². The van der Waals surface area contributed by atoms with Crippen molar-refractivity contribution in [1.29, 1.82) is 0 Å². The molecule has 0 unspecified atom stereocenters. The van der Waals surface area contributed by atoms with E-state index >= 15 is 0 Å². The predicted octanol–water partition coefficient (Wildman–Crippen LogP) is 2.42. The van der Waals surface area contributed by atoms with Gasteiger partial charge < -0.3 is 0 Å². The summed E-state index contributed by atoms with van der Waals surface area (Å²) in [5, 5.41) is 7.65. The third-order valence-corrected chi connectivity index (χ3v) is 2.47. The van der Waals surface area contributed by atoms with Crippen LogP contribution >= 0.6 is 0 Å². The van der Waals surface area contributed by atoms with Gasteiger partial charge in [-0.1, -0.05) is 24.3 Å². The molecule has 3 nitrogen and oxygen atoms in total. The van der Waals surface area contributed by atoms with Crippen LogP contribution in [0.1, 0.15) is 12.5 Å². The van der Waals surface area contributed by atoms with Crippen LogP contribution in [0.15, 0.2) is 36.7 Å². The minimum Gasteiger partial charge on any atom is -0.251 e. The van der Waals surface area contributed by atoms with Gasteiger partial charge in [0.1, 0.15) is 0 Å². The highest BCUT2D eigenvalue weighted by atomic mass is 19.1. The van der Waals surface area contributed by atoms with Crippen molar-refractivity contribution >= 4 is 0 Å². The lowest BCUT2D eigenvalue weighted by molar-refractivity contribution is 0.381. The molecule has 0 saturated heterocycles. The molecule has 0 spiro atoms. The monoisotopic (exact) mass is 219 g/mol. The van der Waals surface area contributed by atoms with Gasteiger partial charge in [-0.25, -0.2) is 4.68 Å². The van der Waals surface area contributed by atoms with Gasteiger partial charge in [-0.05, 0) is 30.0 Å². The van der Waals surface area contributed by atoms with E-state index in [4.69, 9.17) is 0 Å². The molecule has 84 valence electrons. The molecule has 0 radical (unpaired) electrons. The Morgan fingerprint density at radius 3 is 2.62 bits per heavy atom. The van der Waals surface area contributed by atoms with Gasteiger partial charge in [0, 0.05) is 0 Å². The summed E-state index contributed by atoms with van der Waals surface area (Å²) < 4.78 is 14.0. The molecule has 1 aromatic carbocycles. The Hall–Kier alpha value is -1.71. The highest BCUT2D eigenvalue weighted by Gasteiger charge is 2.03. The van der Waals surface area contributed by atoms with E-state index in [1.807, 2.05) is 31.2 Å². The minimum absolute atomic E-state index is 0.0808. The molecule has 2 aromatic rings. The van der Waals surface area contributed by atoms with Crippen LogP contribution in [0.5, 0.6) is 0 Å². The zero-order chi connectivity index (χ0) is 11.4. The Kier molecular flexibility index (Phi) is 3.29. The summed E-state index contributed by atoms with van der Waals surface area (Å²) in [6, 6.07) is 7.94. The molecule has 1 atom stereocenters. The molecular weight excluding hydrogens is 205 g/mol. The second-order valence-electron chi connectivity index (χ2n) is 3.98. The van der Waals surface area contributed by atoms with Crippen LogP contribution in [-0.4, -0.2) is 21.7 Å². The maximum Gasteiger partial charge on any atom is 0.0923 e. The summed E-state index contributed by atoms with van der Waals surface area (Å²) in [5.74, 6) is 0.0808. The zero-order valence-electron chi connectivity index (χ0n) is 9.18. The average molecular weight is 219 g/mol. The van der Waals surface area contributed by atoms with Gasteiger partial charge in [-0.15, -0.1) is 5.10 Å². The van der Waals surface area contributed by atoms with Crippen molar-refractivity contribution in [1.82, 2.24) is 15.0 Å². The standard InChI is InChI=1S/C12H14FN3/c1-10(9-13)8-11-2-4-12(5-3-11)16-7-6-14-15-16/h2-7,10H,8-9H2,1H3/t10-/m0/s1. The summed E-state index contributed by atoms with van der Waals surface area (Å²) in [6.07, 6.45) is 4.20. The van der Waals surface area contributed by atoms with Crippen LogP contribution in [0.25, 0.3) is 5.69 Å². The van der Waals surface area contributed by atoms with Crippen LogP contribution in [0.3, 0.4) is 0 Å². The van der Waals surface area contributed by atoms with Gasteiger partial charge in [-0.3, -0.25) is 4.39 Å². The molecule has 1 heterocycles. The first kappa shape index (κ1) is 10.8. The van der Waals surface area contributed by atoms with E-state index in [1.165, 1.54) is 0 Å². The summed E-state index contributed by atoms with van der Waals surface area (Å²) >= 11 is 0. The minimum atomic E-state index is -0.273. The Balaban J connectivity index is 2.11. The quantitative estimate of drug-likeness (QED) is 0.790. The van der Waals surface area contributed by atoms with Crippen LogP contribution in [0.4, 0.5) is 4.39 Å². The van der Waals surface area contributed by atoms with Crippen molar-refractivity contribution in [3.63, 3.8) is 0 Å². The number of rotatable bonds is 4. The lowest BCUT2D eigenvalue weighted by atomic mass is 10.0. The Bertz CT molecular complexity index is 422. The molecule has 0 fully saturated rings. The van der Waals surface area contributed by atoms with Crippen LogP contribution in [0.2, 0.25) is 0 Å². The summed E-state index contributed by atoms with van der Waals surface area (Å²) in [5.41, 5.74) is 2.11. The van der Waals surface area contributed by atoms with Crippen LogP contribution in [-0.2, 0) is 6.42 Å². The van der Waals surface area contributed by atoms with E-state index < -0.39 is 0 Å². The fourth-order valence-electron chi connectivity index (χ4n) is 1.59. The first-order valence-corrected chi connectivity index (χ1v) is 5.31. The molecule has 0 aliphatic rings. The molecule has 0 amide bonds. The van der Waals surface area contributed by atoms with E-state index in [0.29, 0.717) is 0 Å². The molecular formula is C12H14FN3. The molecule has 0 N–H and O–H groups in total. The molecule has 0 bridgehead atoms. The van der Waals surface area contributed by atoms with Gasteiger partial charge in [0.15, 0.2) is 0 Å². The third-order valence-electron chi connectivity index (χ3n) is 2.47. The number of benzene rings is 1. The lowest BCUT2D eigenvalue weighted by Crippen LogP contribution is -2.02. The van der Waals surface area contributed by atoms with Gasteiger partial charge in [0.05, 0.1) is 24.8 Å². The van der Waals surface area contributed by atoms with E-state index in [1.54, 1.807) is 17.1 Å². The van der Waals surface area contributed by atoms with Crippen molar-refractivity contribution < 1.29 is 4.39 Å². The van der Waals surface area contributed by atoms with E-state index in [-0.39, 0.29) is 12.6 Å². The van der Waals surface area contributed by atoms with Crippen molar-refractivity contribution in [2.24, 2.45) is 5.92 Å². The SMILES string of the molecule is C[C@H](CF)Cc1ccc(-n2ccnn2)cc1. The number of nitrogens with zero attached hydrogens (tertiary/aromatic N) is 3. The van der Waals surface area contributed by atoms with E-state index in [2.05, 4.69) is 10.3 Å². The van der Waals surface area contributed by atoms with Gasteiger partial charge in [-0.2, -0.15) is 0 Å². The maximum atomic E-state index is 12.4. The maximum absolute atomic E-state index is 12.4. The molecule has 4 heteroatoms. The summed E-state index contributed by atoms with van der Waals surface area (Å²) in [6.45, 7) is 1.64. The first-order valence-electron chi connectivity index (χ1n) is 5.31. The average Bonchev–Trinajstić information content (AvgIpc) is 2.83. The highest BCUT2D eigenvalue weighted by molar-refractivity contribution is 5.33. The van der Waals surface area contributed by atoms with Gasteiger partial charge in [0.2, 0.25) is 0 Å². The number of alkyl halides is 1. The number of hydrogen-bond acceptors (Lipinski definition) is 2. The highest BCUT2D eigenvalue weighted by Crippen LogP contribution is 2.12. The van der Waals surface area contributed by atoms with Crippen LogP contribution in [0, 0.1) is 5.92 Å². The predicted molar refractivity (Wildman–Crippen MR) is 60.2 cm³/mol. The van der Waals surface area contributed by atoms with Crippen molar-refractivity contribution in [3.8, 4) is 5.69 Å². The molecule has 16 heavy (non-hydrogen) atoms. The molecule has 0 aliphatic heterocycles. The largest absolute Gasteiger partial charge is 0.251 e. The normalized spacial score (nSPS) is 12.6. The van der Waals surface area contributed by atoms with E-state index in [0.717, 1.165) is 17.7 Å². The molecule has 0 saturated carbocycles. The Morgan fingerprint density at radius 1 is 1.31 bits per heavy atom. The number of hydrogen-bond donors (Lipinski definition) is 0.